The fraction of sp³-hybridized carbons (Fsp3) is 0.929. The molecule has 0 spiro atoms. The van der Waals surface area contributed by atoms with E-state index in [1.807, 2.05) is 0 Å². The number of nitrogens with one attached hydrogen (secondary N) is 1. The van der Waals surface area contributed by atoms with Crippen LogP contribution in [0.1, 0.15) is 51.4 Å². The highest BCUT2D eigenvalue weighted by Crippen LogP contribution is 2.30. The van der Waals surface area contributed by atoms with Gasteiger partial charge in [0.25, 0.3) is 0 Å². The average Bonchev–Trinajstić information content (AvgIpc) is 2.40. The Hall–Kier alpha value is -0.610. The number of hydrogen-bond donors (Lipinski definition) is 2. The molecule has 104 valence electrons. The minimum Gasteiger partial charge on any atom is -0.330 e. The number of carbonyl (C=O) groups is 1. The van der Waals surface area contributed by atoms with Crippen LogP contribution in [0.2, 0.25) is 0 Å². The lowest BCUT2D eigenvalue weighted by Gasteiger charge is -2.30. The summed E-state index contributed by atoms with van der Waals surface area (Å²) < 4.78 is 0. The number of rotatable bonds is 4. The molecule has 1 aliphatic heterocycles. The van der Waals surface area contributed by atoms with Crippen molar-refractivity contribution in [3.8, 4) is 0 Å². The third kappa shape index (κ3) is 4.25. The number of hydrazine groups is 1. The zero-order valence-corrected chi connectivity index (χ0v) is 11.4. The van der Waals surface area contributed by atoms with Crippen molar-refractivity contribution in [2.45, 2.75) is 51.4 Å². The van der Waals surface area contributed by atoms with Crippen LogP contribution in [-0.4, -0.2) is 30.6 Å². The second-order valence-electron chi connectivity index (χ2n) is 5.91. The first-order valence-corrected chi connectivity index (χ1v) is 7.52. The van der Waals surface area contributed by atoms with Crippen molar-refractivity contribution in [3.05, 3.63) is 0 Å². The van der Waals surface area contributed by atoms with E-state index in [2.05, 4.69) is 10.4 Å². The minimum atomic E-state index is 0.216. The Kier molecular flexibility index (Phi) is 5.45. The Balaban J connectivity index is 1.65. The number of nitrogens with two attached hydrogens (primary N) is 1. The van der Waals surface area contributed by atoms with E-state index in [1.165, 1.54) is 44.9 Å². The molecule has 0 unspecified atom stereocenters. The minimum absolute atomic E-state index is 0.216. The first-order valence-electron chi connectivity index (χ1n) is 7.52. The predicted molar refractivity (Wildman–Crippen MR) is 72.7 cm³/mol. The van der Waals surface area contributed by atoms with Crippen molar-refractivity contribution in [2.24, 2.45) is 17.6 Å². The molecule has 1 saturated heterocycles. The molecule has 1 amide bonds. The van der Waals surface area contributed by atoms with E-state index in [0.717, 1.165) is 19.6 Å². The van der Waals surface area contributed by atoms with Crippen LogP contribution >= 0.6 is 0 Å². The average molecular weight is 253 g/mol. The molecule has 1 heterocycles. The maximum Gasteiger partial charge on any atom is 0.234 e. The Morgan fingerprint density at radius 3 is 2.28 bits per heavy atom. The van der Waals surface area contributed by atoms with E-state index in [1.54, 1.807) is 0 Å². The molecule has 4 heteroatoms. The van der Waals surface area contributed by atoms with Gasteiger partial charge < -0.3 is 5.73 Å². The third-order valence-corrected chi connectivity index (χ3v) is 4.41. The van der Waals surface area contributed by atoms with Crippen LogP contribution in [0, 0.1) is 11.8 Å². The van der Waals surface area contributed by atoms with E-state index in [0.29, 0.717) is 18.3 Å². The van der Waals surface area contributed by atoms with Crippen LogP contribution in [-0.2, 0) is 4.79 Å². The van der Waals surface area contributed by atoms with Crippen molar-refractivity contribution in [3.63, 3.8) is 0 Å². The molecule has 1 aliphatic carbocycles. The van der Waals surface area contributed by atoms with Crippen molar-refractivity contribution in [1.29, 1.82) is 0 Å². The summed E-state index contributed by atoms with van der Waals surface area (Å²) in [6, 6.07) is 0. The third-order valence-electron chi connectivity index (χ3n) is 4.41. The number of amides is 1. The quantitative estimate of drug-likeness (QED) is 0.801. The van der Waals surface area contributed by atoms with Gasteiger partial charge in [-0.05, 0) is 56.9 Å². The molecule has 0 radical (unpaired) electrons. The Labute approximate surface area is 110 Å². The zero-order chi connectivity index (χ0) is 12.8. The van der Waals surface area contributed by atoms with Crippen molar-refractivity contribution >= 4 is 5.91 Å². The molecule has 3 N–H and O–H groups in total. The lowest BCUT2D eigenvalue weighted by molar-refractivity contribution is -0.127. The van der Waals surface area contributed by atoms with Gasteiger partial charge >= 0.3 is 0 Å². The van der Waals surface area contributed by atoms with Gasteiger partial charge in [0.05, 0.1) is 0 Å². The van der Waals surface area contributed by atoms with Crippen LogP contribution in [0.25, 0.3) is 0 Å². The van der Waals surface area contributed by atoms with Gasteiger partial charge in [0.15, 0.2) is 0 Å². The van der Waals surface area contributed by atoms with Crippen molar-refractivity contribution < 1.29 is 4.79 Å². The first-order chi connectivity index (χ1) is 8.78. The zero-order valence-electron chi connectivity index (χ0n) is 11.4. The van der Waals surface area contributed by atoms with Gasteiger partial charge in [0, 0.05) is 19.5 Å². The highest BCUT2D eigenvalue weighted by molar-refractivity contribution is 5.75. The SMILES string of the molecule is NCC1CCC(CC(=O)NN2CCCCC2)CC1. The van der Waals surface area contributed by atoms with Crippen molar-refractivity contribution in [1.82, 2.24) is 10.4 Å². The molecule has 0 bridgehead atoms. The van der Waals surface area contributed by atoms with Crippen LogP contribution in [0.3, 0.4) is 0 Å². The molecular formula is C14H27N3O. The topological polar surface area (TPSA) is 58.4 Å². The van der Waals surface area contributed by atoms with Gasteiger partial charge in [-0.3, -0.25) is 10.2 Å². The van der Waals surface area contributed by atoms with E-state index in [9.17, 15) is 4.79 Å². The fourth-order valence-corrected chi connectivity index (χ4v) is 3.16. The number of hydrogen-bond acceptors (Lipinski definition) is 3. The highest BCUT2D eigenvalue weighted by Gasteiger charge is 2.23. The van der Waals surface area contributed by atoms with Crippen LogP contribution < -0.4 is 11.2 Å². The summed E-state index contributed by atoms with van der Waals surface area (Å²) in [5, 5.41) is 2.09. The molecule has 2 aliphatic rings. The summed E-state index contributed by atoms with van der Waals surface area (Å²) in [5.74, 6) is 1.50. The predicted octanol–water partition coefficient (Wildman–Crippen LogP) is 1.66. The van der Waals surface area contributed by atoms with Crippen molar-refractivity contribution in [2.75, 3.05) is 19.6 Å². The largest absolute Gasteiger partial charge is 0.330 e. The van der Waals surface area contributed by atoms with Gasteiger partial charge in [-0.1, -0.05) is 6.42 Å². The summed E-state index contributed by atoms with van der Waals surface area (Å²) in [6.07, 6.45) is 9.19. The number of piperidine rings is 1. The van der Waals surface area contributed by atoms with Crippen LogP contribution in [0.5, 0.6) is 0 Å². The van der Waals surface area contributed by atoms with E-state index in [-0.39, 0.29) is 5.91 Å². The Morgan fingerprint density at radius 2 is 1.67 bits per heavy atom. The number of carbonyl (C=O) groups excluding carboxylic acids is 1. The van der Waals surface area contributed by atoms with E-state index < -0.39 is 0 Å². The summed E-state index contributed by atoms with van der Waals surface area (Å²) in [7, 11) is 0. The lowest BCUT2D eigenvalue weighted by Crippen LogP contribution is -2.45. The van der Waals surface area contributed by atoms with Crippen LogP contribution in [0.4, 0.5) is 0 Å². The van der Waals surface area contributed by atoms with Gasteiger partial charge in [0.1, 0.15) is 0 Å². The smallest absolute Gasteiger partial charge is 0.234 e. The van der Waals surface area contributed by atoms with E-state index in [4.69, 9.17) is 5.73 Å². The molecular weight excluding hydrogens is 226 g/mol. The summed E-state index contributed by atoms with van der Waals surface area (Å²) in [4.78, 5) is 12.0. The van der Waals surface area contributed by atoms with Gasteiger partial charge in [-0.15, -0.1) is 0 Å². The maximum absolute atomic E-state index is 12.0. The normalized spacial score (nSPS) is 30.1. The molecule has 2 rings (SSSR count). The summed E-state index contributed by atoms with van der Waals surface area (Å²) in [6.45, 7) is 2.85. The van der Waals surface area contributed by atoms with E-state index >= 15 is 0 Å². The number of nitrogens with zero attached hydrogens (tertiary/aromatic N) is 1. The Bertz CT molecular complexity index is 256. The van der Waals surface area contributed by atoms with Gasteiger partial charge in [-0.2, -0.15) is 0 Å². The second-order valence-corrected chi connectivity index (χ2v) is 5.91. The maximum atomic E-state index is 12.0. The van der Waals surface area contributed by atoms with Gasteiger partial charge in [-0.25, -0.2) is 5.01 Å². The highest BCUT2D eigenvalue weighted by atomic mass is 16.2. The van der Waals surface area contributed by atoms with Gasteiger partial charge in [0.2, 0.25) is 5.91 Å². The molecule has 18 heavy (non-hydrogen) atoms. The molecule has 0 aromatic carbocycles. The monoisotopic (exact) mass is 253 g/mol. The Morgan fingerprint density at radius 1 is 1.06 bits per heavy atom. The molecule has 0 aromatic heterocycles. The standard InChI is InChI=1S/C14H27N3O/c15-11-13-6-4-12(5-7-13)10-14(18)16-17-8-2-1-3-9-17/h12-13H,1-11,15H2,(H,16,18). The first kappa shape index (κ1) is 13.8. The molecule has 2 fully saturated rings. The van der Waals surface area contributed by atoms with Crippen LogP contribution in [0.15, 0.2) is 0 Å². The summed E-state index contributed by atoms with van der Waals surface area (Å²) >= 11 is 0. The molecule has 4 nitrogen and oxygen atoms in total. The molecule has 0 aromatic rings. The molecule has 0 atom stereocenters. The lowest BCUT2D eigenvalue weighted by atomic mass is 9.80. The summed E-state index contributed by atoms with van der Waals surface area (Å²) in [5.41, 5.74) is 8.75. The second kappa shape index (κ2) is 7.10. The molecule has 1 saturated carbocycles. The fourth-order valence-electron chi connectivity index (χ4n) is 3.16.